The molecule has 0 radical (unpaired) electrons. The maximum Gasteiger partial charge on any atom is 0.401 e. The molecule has 2 rings (SSSR count). The Morgan fingerprint density at radius 1 is 1.21 bits per heavy atom. The second-order valence-electron chi connectivity index (χ2n) is 7.22. The van der Waals surface area contributed by atoms with Crippen LogP contribution in [0.2, 0.25) is 0 Å². The first-order chi connectivity index (χ1) is 15.4. The molecule has 0 amide bonds. The van der Waals surface area contributed by atoms with Crippen LogP contribution in [0.25, 0.3) is 0 Å². The molecule has 2 aromatic carbocycles. The Labute approximate surface area is 194 Å². The van der Waals surface area contributed by atoms with Crippen LogP contribution in [0.4, 0.5) is 24.5 Å². The SMILES string of the molecule is CCN(CC[C@H](CSc1ccccc1)Nc1ccc(S(N)(=O)=O)cc1[N+](=O)[O-])CC(F)(F)F. The number of anilines is 1. The van der Waals surface area contributed by atoms with E-state index >= 15 is 0 Å². The van der Waals surface area contributed by atoms with Gasteiger partial charge in [0.05, 0.1) is 16.4 Å². The monoisotopic (exact) mass is 506 g/mol. The number of hydrogen-bond acceptors (Lipinski definition) is 7. The van der Waals surface area contributed by atoms with E-state index in [0.29, 0.717) is 5.75 Å². The van der Waals surface area contributed by atoms with Gasteiger partial charge in [-0.2, -0.15) is 13.2 Å². The molecule has 8 nitrogen and oxygen atoms in total. The summed E-state index contributed by atoms with van der Waals surface area (Å²) in [6, 6.07) is 12.1. The van der Waals surface area contributed by atoms with Crippen molar-refractivity contribution < 1.29 is 26.5 Å². The molecule has 13 heteroatoms. The number of nitrogens with zero attached hydrogens (tertiary/aromatic N) is 2. The number of thioether (sulfide) groups is 1. The van der Waals surface area contributed by atoms with Crippen LogP contribution >= 0.6 is 11.8 Å². The zero-order valence-corrected chi connectivity index (χ0v) is 19.4. The minimum Gasteiger partial charge on any atom is -0.376 e. The molecule has 0 aliphatic carbocycles. The van der Waals surface area contributed by atoms with E-state index in [1.165, 1.54) is 22.7 Å². The van der Waals surface area contributed by atoms with Crippen LogP contribution in [0.3, 0.4) is 0 Å². The number of primary sulfonamides is 1. The summed E-state index contributed by atoms with van der Waals surface area (Å²) in [4.78, 5) is 12.6. The van der Waals surface area contributed by atoms with Crippen LogP contribution in [0.5, 0.6) is 0 Å². The number of halogens is 3. The van der Waals surface area contributed by atoms with Crippen molar-refractivity contribution in [3.05, 3.63) is 58.6 Å². The maximum absolute atomic E-state index is 12.8. The van der Waals surface area contributed by atoms with Crippen molar-refractivity contribution in [2.24, 2.45) is 5.14 Å². The molecule has 0 bridgehead atoms. The van der Waals surface area contributed by atoms with E-state index in [2.05, 4.69) is 5.32 Å². The number of benzene rings is 2. The van der Waals surface area contributed by atoms with Gasteiger partial charge in [0.25, 0.3) is 5.69 Å². The fourth-order valence-corrected chi connectivity index (χ4v) is 4.56. The molecule has 33 heavy (non-hydrogen) atoms. The van der Waals surface area contributed by atoms with Gasteiger partial charge in [0, 0.05) is 29.3 Å². The molecule has 1 atom stereocenters. The average Bonchev–Trinajstić information content (AvgIpc) is 2.73. The van der Waals surface area contributed by atoms with Gasteiger partial charge >= 0.3 is 6.18 Å². The smallest absolute Gasteiger partial charge is 0.376 e. The Balaban J connectivity index is 2.24. The molecular weight excluding hydrogens is 481 g/mol. The van der Waals surface area contributed by atoms with Gasteiger partial charge in [-0.3, -0.25) is 15.0 Å². The quantitative estimate of drug-likeness (QED) is 0.253. The highest BCUT2D eigenvalue weighted by atomic mass is 32.2. The Kier molecular flexibility index (Phi) is 9.52. The second kappa shape index (κ2) is 11.7. The van der Waals surface area contributed by atoms with Crippen molar-refractivity contribution in [1.29, 1.82) is 0 Å². The first kappa shape index (κ1) is 26.9. The number of nitrogens with two attached hydrogens (primary N) is 1. The van der Waals surface area contributed by atoms with E-state index in [9.17, 15) is 31.7 Å². The molecule has 0 fully saturated rings. The maximum atomic E-state index is 12.8. The number of nitro benzene ring substituents is 1. The molecule has 0 aliphatic heterocycles. The highest BCUT2D eigenvalue weighted by Crippen LogP contribution is 2.29. The summed E-state index contributed by atoms with van der Waals surface area (Å²) in [6.07, 6.45) is -4.06. The number of nitro groups is 1. The predicted octanol–water partition coefficient (Wildman–Crippen LogP) is 4.09. The van der Waals surface area contributed by atoms with Crippen LogP contribution in [-0.4, -0.2) is 55.8 Å². The van der Waals surface area contributed by atoms with Gasteiger partial charge in [-0.05, 0) is 37.2 Å². The highest BCUT2D eigenvalue weighted by Gasteiger charge is 2.30. The minimum atomic E-state index is -4.33. The molecule has 0 aliphatic rings. The number of rotatable bonds is 12. The van der Waals surface area contributed by atoms with E-state index < -0.39 is 44.3 Å². The lowest BCUT2D eigenvalue weighted by Crippen LogP contribution is -2.37. The molecule has 0 aromatic heterocycles. The van der Waals surface area contributed by atoms with E-state index in [1.54, 1.807) is 6.92 Å². The largest absolute Gasteiger partial charge is 0.401 e. The van der Waals surface area contributed by atoms with Gasteiger partial charge in [-0.1, -0.05) is 25.1 Å². The molecule has 0 heterocycles. The molecular formula is C20H25F3N4O4S2. The molecule has 3 N–H and O–H groups in total. The lowest BCUT2D eigenvalue weighted by atomic mass is 10.2. The molecule has 0 saturated heterocycles. The van der Waals surface area contributed by atoms with Gasteiger partial charge in [-0.15, -0.1) is 11.8 Å². The van der Waals surface area contributed by atoms with Crippen molar-refractivity contribution in [3.63, 3.8) is 0 Å². The second-order valence-corrected chi connectivity index (χ2v) is 9.87. The summed E-state index contributed by atoms with van der Waals surface area (Å²) in [5.74, 6) is 0.418. The van der Waals surface area contributed by atoms with Gasteiger partial charge in [0.2, 0.25) is 10.0 Å². The Morgan fingerprint density at radius 2 is 1.88 bits per heavy atom. The standard InChI is InChI=1S/C20H25F3N4O4S2/c1-2-26(14-20(21,22)23)11-10-15(13-32-16-6-4-3-5-7-16)25-18-9-8-17(33(24,30)31)12-19(18)27(28)29/h3-9,12,15,25H,2,10-11,13-14H2,1H3,(H2,24,30,31)/t15-/m1/s1. The summed E-state index contributed by atoms with van der Waals surface area (Å²) in [7, 11) is -4.14. The molecule has 0 unspecified atom stereocenters. The molecule has 0 saturated carbocycles. The molecule has 0 spiro atoms. The topological polar surface area (TPSA) is 119 Å². The summed E-state index contributed by atoms with van der Waals surface area (Å²) < 4.78 is 61.6. The third-order valence-corrected chi connectivity index (χ3v) is 6.78. The third kappa shape index (κ3) is 9.20. The lowest BCUT2D eigenvalue weighted by molar-refractivity contribution is -0.384. The Bertz CT molecular complexity index is 1040. The van der Waals surface area contributed by atoms with E-state index in [0.717, 1.165) is 17.0 Å². The highest BCUT2D eigenvalue weighted by molar-refractivity contribution is 7.99. The molecule has 182 valence electrons. The van der Waals surface area contributed by atoms with Gasteiger partial charge in [0.1, 0.15) is 5.69 Å². The number of sulfonamides is 1. The molecule has 2 aromatic rings. The fraction of sp³-hybridized carbons (Fsp3) is 0.400. The van der Waals surface area contributed by atoms with Gasteiger partial charge in [-0.25, -0.2) is 13.6 Å². The average molecular weight is 507 g/mol. The summed E-state index contributed by atoms with van der Waals surface area (Å²) in [6.45, 7) is 0.891. The van der Waals surface area contributed by atoms with Crippen LogP contribution in [0.15, 0.2) is 58.3 Å². The van der Waals surface area contributed by atoms with Crippen LogP contribution < -0.4 is 10.5 Å². The lowest BCUT2D eigenvalue weighted by Gasteiger charge is -2.26. The van der Waals surface area contributed by atoms with Gasteiger partial charge < -0.3 is 5.32 Å². The van der Waals surface area contributed by atoms with E-state index in [4.69, 9.17) is 5.14 Å². The van der Waals surface area contributed by atoms with Crippen LogP contribution in [0, 0.1) is 10.1 Å². The Hall–Kier alpha value is -2.35. The third-order valence-electron chi connectivity index (χ3n) is 4.69. The van der Waals surface area contributed by atoms with Crippen molar-refractivity contribution in [2.75, 3.05) is 30.7 Å². The summed E-state index contributed by atoms with van der Waals surface area (Å²) in [5, 5.41) is 19.6. The van der Waals surface area contributed by atoms with Crippen molar-refractivity contribution in [2.45, 2.75) is 35.4 Å². The summed E-state index contributed by atoms with van der Waals surface area (Å²) in [5.41, 5.74) is -0.427. The zero-order chi connectivity index (χ0) is 24.6. The van der Waals surface area contributed by atoms with E-state index in [1.807, 2.05) is 30.3 Å². The Morgan fingerprint density at radius 3 is 2.42 bits per heavy atom. The first-order valence-corrected chi connectivity index (χ1v) is 12.5. The van der Waals surface area contributed by atoms with E-state index in [-0.39, 0.29) is 25.2 Å². The van der Waals surface area contributed by atoms with Crippen LogP contribution in [0.1, 0.15) is 13.3 Å². The normalized spacial score (nSPS) is 13.2. The van der Waals surface area contributed by atoms with Crippen molar-refractivity contribution >= 4 is 33.2 Å². The fourth-order valence-electron chi connectivity index (χ4n) is 3.03. The van der Waals surface area contributed by atoms with Crippen molar-refractivity contribution in [1.82, 2.24) is 4.90 Å². The minimum absolute atomic E-state index is 0.0601. The summed E-state index contributed by atoms with van der Waals surface area (Å²) >= 11 is 1.45. The van der Waals surface area contributed by atoms with Crippen LogP contribution in [-0.2, 0) is 10.0 Å². The first-order valence-electron chi connectivity index (χ1n) is 9.93. The predicted molar refractivity (Wildman–Crippen MR) is 122 cm³/mol. The number of nitrogens with one attached hydrogen (secondary N) is 1. The van der Waals surface area contributed by atoms with Crippen molar-refractivity contribution in [3.8, 4) is 0 Å². The zero-order valence-electron chi connectivity index (χ0n) is 17.8. The number of hydrogen-bond donors (Lipinski definition) is 2. The number of alkyl halides is 3. The van der Waals surface area contributed by atoms with Gasteiger partial charge in [0.15, 0.2) is 0 Å².